The zero-order valence-corrected chi connectivity index (χ0v) is 25.7. The van der Waals surface area contributed by atoms with Crippen LogP contribution >= 0.6 is 0 Å². The number of ether oxygens (including phenoxy) is 2. The maximum absolute atomic E-state index is 13.6. The van der Waals surface area contributed by atoms with E-state index in [0.717, 1.165) is 47.5 Å². The molecule has 0 bridgehead atoms. The van der Waals surface area contributed by atoms with Crippen molar-refractivity contribution >= 4 is 27.6 Å². The molecule has 0 radical (unpaired) electrons. The SMILES string of the molecule is COCCS(=O)(=O)NC(=O)C1(CCN(C[C@H](O)c2cccnc2)C(=O)O)C=CC(c2cccc(OC3CCCCC3)c2)=CC1. The molecule has 0 spiro atoms. The molecular weight excluding hydrogens is 586 g/mol. The van der Waals surface area contributed by atoms with Crippen LogP contribution in [-0.4, -0.2) is 79.2 Å². The van der Waals surface area contributed by atoms with E-state index in [0.29, 0.717) is 5.56 Å². The van der Waals surface area contributed by atoms with E-state index < -0.39 is 39.3 Å². The summed E-state index contributed by atoms with van der Waals surface area (Å²) in [5.41, 5.74) is 0.831. The molecule has 0 saturated heterocycles. The highest BCUT2D eigenvalue weighted by Crippen LogP contribution is 2.38. The minimum atomic E-state index is -4.00. The van der Waals surface area contributed by atoms with Crippen molar-refractivity contribution in [2.75, 3.05) is 32.6 Å². The number of sulfonamides is 1. The summed E-state index contributed by atoms with van der Waals surface area (Å²) in [5, 5.41) is 20.5. The number of methoxy groups -OCH3 is 1. The Labute approximate surface area is 258 Å². The number of pyridine rings is 1. The Kier molecular flexibility index (Phi) is 11.5. The molecule has 2 aliphatic rings. The number of amides is 2. The van der Waals surface area contributed by atoms with Crippen LogP contribution in [0.4, 0.5) is 4.79 Å². The summed E-state index contributed by atoms with van der Waals surface area (Å²) < 4.78 is 38.5. The number of carbonyl (C=O) groups is 2. The molecule has 2 aromatic rings. The molecule has 1 fully saturated rings. The summed E-state index contributed by atoms with van der Waals surface area (Å²) in [7, 11) is -2.63. The van der Waals surface area contributed by atoms with E-state index in [4.69, 9.17) is 9.47 Å². The van der Waals surface area contributed by atoms with Crippen LogP contribution in [0.2, 0.25) is 0 Å². The third kappa shape index (κ3) is 9.13. The maximum Gasteiger partial charge on any atom is 0.407 e. The number of carboxylic acid groups (broad SMARTS) is 1. The monoisotopic (exact) mass is 627 g/mol. The number of aromatic nitrogens is 1. The van der Waals surface area contributed by atoms with E-state index in [1.54, 1.807) is 30.5 Å². The van der Waals surface area contributed by atoms with Gasteiger partial charge in [-0.3, -0.25) is 14.5 Å². The first-order valence-corrected chi connectivity index (χ1v) is 16.5. The third-order valence-corrected chi connectivity index (χ3v) is 9.31. The van der Waals surface area contributed by atoms with Gasteiger partial charge in [0.25, 0.3) is 0 Å². The molecule has 3 N–H and O–H groups in total. The van der Waals surface area contributed by atoms with Gasteiger partial charge in [0, 0.05) is 31.6 Å². The quantitative estimate of drug-likeness (QED) is 0.278. The number of rotatable bonds is 14. The molecular formula is C32H41N3O8S. The van der Waals surface area contributed by atoms with E-state index in [9.17, 15) is 28.2 Å². The van der Waals surface area contributed by atoms with Gasteiger partial charge in [0.05, 0.1) is 36.5 Å². The van der Waals surface area contributed by atoms with E-state index in [1.807, 2.05) is 30.3 Å². The van der Waals surface area contributed by atoms with Gasteiger partial charge in [-0.05, 0) is 67.9 Å². The molecule has 238 valence electrons. The first kappa shape index (κ1) is 33.2. The third-order valence-electron chi connectivity index (χ3n) is 8.11. The van der Waals surface area contributed by atoms with Crippen LogP contribution < -0.4 is 9.46 Å². The van der Waals surface area contributed by atoms with Crippen molar-refractivity contribution < 1.29 is 37.7 Å². The fraction of sp³-hybridized carbons (Fsp3) is 0.469. The first-order valence-electron chi connectivity index (χ1n) is 14.9. The normalized spacial score (nSPS) is 19.5. The van der Waals surface area contributed by atoms with E-state index >= 15 is 0 Å². The number of nitrogens with one attached hydrogen (secondary N) is 1. The van der Waals surface area contributed by atoms with Gasteiger partial charge in [0.1, 0.15) is 5.75 Å². The molecule has 1 unspecified atom stereocenters. The van der Waals surface area contributed by atoms with Gasteiger partial charge < -0.3 is 24.6 Å². The lowest BCUT2D eigenvalue weighted by atomic mass is 9.75. The highest BCUT2D eigenvalue weighted by atomic mass is 32.2. The second-order valence-corrected chi connectivity index (χ2v) is 13.1. The number of aliphatic hydroxyl groups is 1. The van der Waals surface area contributed by atoms with Crippen LogP contribution in [0.25, 0.3) is 5.57 Å². The van der Waals surface area contributed by atoms with Crippen LogP contribution in [-0.2, 0) is 19.6 Å². The summed E-state index contributed by atoms with van der Waals surface area (Å²) in [4.78, 5) is 30.7. The van der Waals surface area contributed by atoms with Crippen molar-refractivity contribution in [3.8, 4) is 5.75 Å². The van der Waals surface area contributed by atoms with Gasteiger partial charge in [0.15, 0.2) is 0 Å². The molecule has 1 aromatic carbocycles. The number of carbonyl (C=O) groups excluding carboxylic acids is 1. The molecule has 2 amide bonds. The average Bonchev–Trinajstić information content (AvgIpc) is 3.03. The van der Waals surface area contributed by atoms with Crippen molar-refractivity contribution in [3.63, 3.8) is 0 Å². The fourth-order valence-electron chi connectivity index (χ4n) is 5.46. The largest absolute Gasteiger partial charge is 0.490 e. The predicted octanol–water partition coefficient (Wildman–Crippen LogP) is 4.32. The molecule has 0 aliphatic heterocycles. The highest BCUT2D eigenvalue weighted by Gasteiger charge is 2.39. The number of benzene rings is 1. The molecule has 1 heterocycles. The Morgan fingerprint density at radius 2 is 1.98 bits per heavy atom. The smallest absolute Gasteiger partial charge is 0.407 e. The Hall–Kier alpha value is -3.74. The van der Waals surface area contributed by atoms with Crippen molar-refractivity contribution in [1.29, 1.82) is 0 Å². The Bertz CT molecular complexity index is 1440. The Morgan fingerprint density at radius 3 is 2.64 bits per heavy atom. The number of nitrogens with zero attached hydrogens (tertiary/aromatic N) is 2. The minimum absolute atomic E-state index is 0.0181. The summed E-state index contributed by atoms with van der Waals surface area (Å²) in [5.74, 6) is -0.387. The molecule has 44 heavy (non-hydrogen) atoms. The molecule has 12 heteroatoms. The summed E-state index contributed by atoms with van der Waals surface area (Å²) in [6.45, 7) is -0.465. The molecule has 4 rings (SSSR count). The van der Waals surface area contributed by atoms with Gasteiger partial charge in [-0.2, -0.15) is 0 Å². The number of hydrogen-bond donors (Lipinski definition) is 3. The molecule has 11 nitrogen and oxygen atoms in total. The van der Waals surface area contributed by atoms with Crippen molar-refractivity contribution in [2.24, 2.45) is 5.41 Å². The highest BCUT2D eigenvalue weighted by molar-refractivity contribution is 7.90. The van der Waals surface area contributed by atoms with E-state index in [1.165, 1.54) is 19.7 Å². The topological polar surface area (TPSA) is 155 Å². The number of allylic oxidation sites excluding steroid dienone is 3. The molecule has 1 aromatic heterocycles. The summed E-state index contributed by atoms with van der Waals surface area (Å²) in [6.07, 6.45) is 11.8. The number of hydrogen-bond acceptors (Lipinski definition) is 8. The predicted molar refractivity (Wildman–Crippen MR) is 165 cm³/mol. The van der Waals surface area contributed by atoms with Crippen LogP contribution in [0.3, 0.4) is 0 Å². The zero-order valence-electron chi connectivity index (χ0n) is 24.9. The van der Waals surface area contributed by atoms with Crippen molar-refractivity contribution in [1.82, 2.24) is 14.6 Å². The maximum atomic E-state index is 13.6. The Balaban J connectivity index is 1.52. The fourth-order valence-corrected chi connectivity index (χ4v) is 6.43. The van der Waals surface area contributed by atoms with Gasteiger partial charge in [-0.25, -0.2) is 13.2 Å². The lowest BCUT2D eigenvalue weighted by molar-refractivity contribution is -0.127. The molecule has 2 atom stereocenters. The van der Waals surface area contributed by atoms with Crippen molar-refractivity contribution in [3.05, 3.63) is 78.1 Å². The Morgan fingerprint density at radius 1 is 1.18 bits per heavy atom. The second kappa shape index (κ2) is 15.3. The van der Waals surface area contributed by atoms with Gasteiger partial charge in [-0.15, -0.1) is 0 Å². The lowest BCUT2D eigenvalue weighted by Gasteiger charge is -2.33. The first-order chi connectivity index (χ1) is 21.1. The van der Waals surface area contributed by atoms with Gasteiger partial charge >= 0.3 is 6.09 Å². The van der Waals surface area contributed by atoms with Gasteiger partial charge in [0.2, 0.25) is 15.9 Å². The second-order valence-electron chi connectivity index (χ2n) is 11.3. The molecule has 2 aliphatic carbocycles. The van der Waals surface area contributed by atoms with Crippen LogP contribution in [0, 0.1) is 5.41 Å². The van der Waals surface area contributed by atoms with Crippen LogP contribution in [0.5, 0.6) is 5.75 Å². The van der Waals surface area contributed by atoms with Crippen molar-refractivity contribution in [2.45, 2.75) is 57.2 Å². The summed E-state index contributed by atoms with van der Waals surface area (Å²) in [6, 6.07) is 11.0. The molecule has 1 saturated carbocycles. The number of aliphatic hydroxyl groups excluding tert-OH is 1. The summed E-state index contributed by atoms with van der Waals surface area (Å²) >= 11 is 0. The van der Waals surface area contributed by atoms with E-state index in [2.05, 4.69) is 9.71 Å². The van der Waals surface area contributed by atoms with Crippen LogP contribution in [0.1, 0.15) is 62.2 Å². The van der Waals surface area contributed by atoms with E-state index in [-0.39, 0.29) is 38.6 Å². The zero-order chi connectivity index (χ0) is 31.6. The minimum Gasteiger partial charge on any atom is -0.490 e. The van der Waals surface area contributed by atoms with Crippen LogP contribution in [0.15, 0.2) is 67.0 Å². The average molecular weight is 628 g/mol. The van der Waals surface area contributed by atoms with Gasteiger partial charge in [-0.1, -0.05) is 42.8 Å². The lowest BCUT2D eigenvalue weighted by Crippen LogP contribution is -2.46. The standard InChI is InChI=1S/C32H41N3O8S/c1-42-19-20-44(40,41)34-30(37)32(16-18-35(31(38)39)23-29(36)26-8-6-17-33-22-26)14-12-24(13-15-32)25-7-5-11-28(21-25)43-27-9-3-2-4-10-27/h5-8,11-14,17,21-22,27,29,36H,2-4,9-10,15-16,18-20,23H2,1H3,(H,34,37)(H,38,39)/t29-,32?/m0/s1.